The van der Waals surface area contributed by atoms with Crippen molar-refractivity contribution in [2.24, 2.45) is 0 Å². The van der Waals surface area contributed by atoms with Crippen molar-refractivity contribution in [3.63, 3.8) is 0 Å². The number of halogens is 2. The SMILES string of the molecule is C[Si](C)(C)OC(=O)Cc1nn(Cc2ccc(Br)cc2F)c(=O)c2ccccc12. The number of aromatic nitrogens is 2. The molecule has 2 aromatic carbocycles. The molecule has 1 heterocycles. The third-order valence-corrected chi connectivity index (χ3v) is 5.34. The summed E-state index contributed by atoms with van der Waals surface area (Å²) in [6.45, 7) is 5.74. The van der Waals surface area contributed by atoms with Crippen molar-refractivity contribution in [2.45, 2.75) is 32.6 Å². The van der Waals surface area contributed by atoms with Gasteiger partial charge >= 0.3 is 0 Å². The highest BCUT2D eigenvalue weighted by Gasteiger charge is 2.22. The molecule has 5 nitrogen and oxygen atoms in total. The van der Waals surface area contributed by atoms with Crippen molar-refractivity contribution in [3.05, 3.63) is 74.4 Å². The molecular formula is C20H20BrFN2O3Si. The molecular weight excluding hydrogens is 443 g/mol. The predicted octanol–water partition coefficient (Wildman–Crippen LogP) is 4.27. The maximum atomic E-state index is 14.2. The first-order chi connectivity index (χ1) is 13.1. The van der Waals surface area contributed by atoms with Gasteiger partial charge < -0.3 is 4.43 Å². The minimum atomic E-state index is -2.04. The van der Waals surface area contributed by atoms with Crippen LogP contribution in [0.5, 0.6) is 0 Å². The topological polar surface area (TPSA) is 61.2 Å². The molecule has 0 N–H and O–H groups in total. The molecule has 1 aromatic heterocycles. The van der Waals surface area contributed by atoms with Gasteiger partial charge in [-0.25, -0.2) is 9.07 Å². The number of nitrogens with zero attached hydrogens (tertiary/aromatic N) is 2. The molecule has 3 aromatic rings. The zero-order valence-corrected chi connectivity index (χ0v) is 18.4. The van der Waals surface area contributed by atoms with Crippen LogP contribution in [0.15, 0.2) is 51.7 Å². The minimum Gasteiger partial charge on any atom is -0.520 e. The number of benzene rings is 2. The van der Waals surface area contributed by atoms with E-state index in [0.717, 1.165) is 0 Å². The van der Waals surface area contributed by atoms with Gasteiger partial charge in [0.25, 0.3) is 11.5 Å². The number of hydrogen-bond donors (Lipinski definition) is 0. The highest BCUT2D eigenvalue weighted by atomic mass is 79.9. The van der Waals surface area contributed by atoms with Crippen molar-refractivity contribution < 1.29 is 13.6 Å². The van der Waals surface area contributed by atoms with Crippen LogP contribution in [-0.2, 0) is 22.2 Å². The van der Waals surface area contributed by atoms with Gasteiger partial charge in [0.05, 0.1) is 24.0 Å². The van der Waals surface area contributed by atoms with Gasteiger partial charge in [-0.05, 0) is 37.8 Å². The Morgan fingerprint density at radius 2 is 1.86 bits per heavy atom. The van der Waals surface area contributed by atoms with Crippen LogP contribution in [0.3, 0.4) is 0 Å². The number of carbonyl (C=O) groups excluding carboxylic acids is 1. The average molecular weight is 463 g/mol. The standard InChI is InChI=1S/C20H20BrFN2O3Si/c1-28(2,3)27-19(25)11-18-15-6-4-5-7-16(15)20(26)24(23-18)12-13-8-9-14(21)10-17(13)22/h4-10H,11-12H2,1-3H3. The van der Waals surface area contributed by atoms with E-state index in [2.05, 4.69) is 21.0 Å². The Labute approximate surface area is 171 Å². The summed E-state index contributed by atoms with van der Waals surface area (Å²) < 4.78 is 21.6. The molecule has 8 heteroatoms. The molecule has 28 heavy (non-hydrogen) atoms. The number of carbonyl (C=O) groups is 1. The molecule has 146 valence electrons. The summed E-state index contributed by atoms with van der Waals surface area (Å²) in [6, 6.07) is 11.6. The van der Waals surface area contributed by atoms with Crippen LogP contribution in [0.4, 0.5) is 4.39 Å². The highest BCUT2D eigenvalue weighted by molar-refractivity contribution is 9.10. The second kappa shape index (κ2) is 7.96. The van der Waals surface area contributed by atoms with E-state index in [1.807, 2.05) is 19.6 Å². The Balaban J connectivity index is 2.05. The lowest BCUT2D eigenvalue weighted by Crippen LogP contribution is -2.31. The molecule has 0 spiro atoms. The number of hydrogen-bond acceptors (Lipinski definition) is 4. The van der Waals surface area contributed by atoms with Gasteiger partial charge in [0.15, 0.2) is 0 Å². The molecule has 0 fully saturated rings. The number of rotatable bonds is 5. The van der Waals surface area contributed by atoms with E-state index in [9.17, 15) is 14.0 Å². The molecule has 0 amide bonds. The lowest BCUT2D eigenvalue weighted by Gasteiger charge is -2.18. The molecule has 0 saturated heterocycles. The Morgan fingerprint density at radius 1 is 1.18 bits per heavy atom. The fourth-order valence-electron chi connectivity index (χ4n) is 2.87. The van der Waals surface area contributed by atoms with Gasteiger partial charge in [0.1, 0.15) is 5.82 Å². The molecule has 3 rings (SSSR count). The van der Waals surface area contributed by atoms with Crippen molar-refractivity contribution in [2.75, 3.05) is 0 Å². The largest absolute Gasteiger partial charge is 0.520 e. The van der Waals surface area contributed by atoms with Gasteiger partial charge in [-0.1, -0.05) is 40.2 Å². The lowest BCUT2D eigenvalue weighted by atomic mass is 10.1. The molecule has 0 unspecified atom stereocenters. The second-order valence-corrected chi connectivity index (χ2v) is 12.8. The summed E-state index contributed by atoms with van der Waals surface area (Å²) >= 11 is 3.22. The van der Waals surface area contributed by atoms with Gasteiger partial charge in [0.2, 0.25) is 8.32 Å². The minimum absolute atomic E-state index is 0.0289. The fraction of sp³-hybridized carbons (Fsp3) is 0.250. The molecule has 0 aliphatic heterocycles. The van der Waals surface area contributed by atoms with Crippen LogP contribution >= 0.6 is 15.9 Å². The van der Waals surface area contributed by atoms with Crippen LogP contribution in [0, 0.1) is 5.82 Å². The summed E-state index contributed by atoms with van der Waals surface area (Å²) in [4.78, 5) is 25.2. The smallest absolute Gasteiger partial charge is 0.298 e. The van der Waals surface area contributed by atoms with Crippen molar-refractivity contribution >= 4 is 41.0 Å². The maximum Gasteiger partial charge on any atom is 0.298 e. The van der Waals surface area contributed by atoms with Crippen LogP contribution in [0.2, 0.25) is 19.6 Å². The Morgan fingerprint density at radius 3 is 2.50 bits per heavy atom. The van der Waals surface area contributed by atoms with E-state index in [0.29, 0.717) is 26.5 Å². The summed E-state index contributed by atoms with van der Waals surface area (Å²) in [6.07, 6.45) is -0.0477. The zero-order valence-electron chi connectivity index (χ0n) is 15.8. The van der Waals surface area contributed by atoms with E-state index in [1.54, 1.807) is 36.4 Å². The third kappa shape index (κ3) is 4.74. The Kier molecular flexibility index (Phi) is 5.81. The van der Waals surface area contributed by atoms with Crippen LogP contribution < -0.4 is 5.56 Å². The monoisotopic (exact) mass is 462 g/mol. The van der Waals surface area contributed by atoms with Crippen molar-refractivity contribution in [1.29, 1.82) is 0 Å². The Hall–Kier alpha value is -2.32. The Bertz CT molecular complexity index is 1110. The molecule has 0 saturated carbocycles. The first-order valence-corrected chi connectivity index (χ1v) is 13.0. The average Bonchev–Trinajstić information content (AvgIpc) is 2.59. The van der Waals surface area contributed by atoms with E-state index in [-0.39, 0.29) is 24.5 Å². The molecule has 0 aliphatic rings. The van der Waals surface area contributed by atoms with Crippen LogP contribution in [0.1, 0.15) is 11.3 Å². The van der Waals surface area contributed by atoms with E-state index < -0.39 is 14.1 Å². The van der Waals surface area contributed by atoms with E-state index >= 15 is 0 Å². The van der Waals surface area contributed by atoms with Gasteiger partial charge in [-0.15, -0.1) is 0 Å². The predicted molar refractivity (Wildman–Crippen MR) is 112 cm³/mol. The molecule has 0 bridgehead atoms. The van der Waals surface area contributed by atoms with Crippen molar-refractivity contribution in [1.82, 2.24) is 9.78 Å². The van der Waals surface area contributed by atoms with Gasteiger partial charge in [0, 0.05) is 15.4 Å². The van der Waals surface area contributed by atoms with Crippen LogP contribution in [-0.4, -0.2) is 24.1 Å². The maximum absolute atomic E-state index is 14.2. The van der Waals surface area contributed by atoms with Crippen LogP contribution in [0.25, 0.3) is 10.8 Å². The van der Waals surface area contributed by atoms with Crippen molar-refractivity contribution in [3.8, 4) is 0 Å². The molecule has 0 aliphatic carbocycles. The summed E-state index contributed by atoms with van der Waals surface area (Å²) in [5, 5.41) is 5.41. The zero-order chi connectivity index (χ0) is 20.5. The normalized spacial score (nSPS) is 11.6. The summed E-state index contributed by atoms with van der Waals surface area (Å²) in [5.74, 6) is -0.812. The fourth-order valence-corrected chi connectivity index (χ4v) is 3.96. The first-order valence-electron chi connectivity index (χ1n) is 8.78. The second-order valence-electron chi connectivity index (χ2n) is 7.45. The summed E-state index contributed by atoms with van der Waals surface area (Å²) in [7, 11) is -2.04. The van der Waals surface area contributed by atoms with E-state index in [4.69, 9.17) is 4.43 Å². The van der Waals surface area contributed by atoms with Gasteiger partial charge in [-0.3, -0.25) is 9.59 Å². The third-order valence-electron chi connectivity index (χ3n) is 4.01. The summed E-state index contributed by atoms with van der Waals surface area (Å²) in [5.41, 5.74) is 0.444. The first kappa shape index (κ1) is 20.4. The quantitative estimate of drug-likeness (QED) is 0.531. The van der Waals surface area contributed by atoms with E-state index in [1.165, 1.54) is 10.7 Å². The number of fused-ring (bicyclic) bond motifs is 1. The highest BCUT2D eigenvalue weighted by Crippen LogP contribution is 2.18. The lowest BCUT2D eigenvalue weighted by molar-refractivity contribution is -0.134. The van der Waals surface area contributed by atoms with Gasteiger partial charge in [-0.2, -0.15) is 5.10 Å². The molecule has 0 radical (unpaired) electrons. The molecule has 0 atom stereocenters.